The van der Waals surface area contributed by atoms with E-state index in [4.69, 9.17) is 17.0 Å². The van der Waals surface area contributed by atoms with Crippen molar-refractivity contribution >= 4 is 35.1 Å². The van der Waals surface area contributed by atoms with Crippen molar-refractivity contribution in [1.82, 2.24) is 0 Å². The van der Waals surface area contributed by atoms with Gasteiger partial charge in [-0.2, -0.15) is 0 Å². The number of allylic oxidation sites excluding steroid dienone is 2. The van der Waals surface area contributed by atoms with Crippen LogP contribution in [0.2, 0.25) is 13.1 Å². The molecule has 0 saturated heterocycles. The van der Waals surface area contributed by atoms with Crippen LogP contribution in [-0.4, -0.2) is 5.92 Å². The molecule has 8 rings (SSSR count). The molecule has 4 aromatic carbocycles. The first kappa shape index (κ1) is 38.9. The molecule has 0 N–H and O–H groups in total. The molecule has 2 saturated carbocycles. The van der Waals surface area contributed by atoms with E-state index in [1.165, 1.54) is 125 Å². The standard InChI is InChI=1S/C25H29.C23H25.C2H7Si.2ClH.Zr/c1-25(2,3)22-14-12-19(13-15-22)23-11-7-10-20-16-21(17-24(20)23)18-8-5-4-6-9-18;1-2-17-15-21-9-6-10-22(23(21)16-17)20-13-11-19(12-14-20)18-7-4-3-5-8-18;1-3-2;;;/h7,10-18H,4-6,8-9H2,1-3H3;6,9-16,18H,2-5,7-8H2,1H3;3H,1-2H3;2*1H;/q;;;;;+2/p-2. The van der Waals surface area contributed by atoms with Gasteiger partial charge in [-0.05, 0) is 0 Å². The summed E-state index contributed by atoms with van der Waals surface area (Å²) in [6, 6.07) is 33.1. The summed E-state index contributed by atoms with van der Waals surface area (Å²) >= 11 is -4.90. The Morgan fingerprint density at radius 1 is 0.611 bits per heavy atom. The summed E-state index contributed by atoms with van der Waals surface area (Å²) in [7, 11) is 17.8. The molecule has 0 aliphatic heterocycles. The Kier molecular flexibility index (Phi) is 10.9. The van der Waals surface area contributed by atoms with Gasteiger partial charge in [0.05, 0.1) is 0 Å². The average Bonchev–Trinajstić information content (AvgIpc) is 3.79. The molecule has 0 bridgehead atoms. The fraction of sp³-hybridized carbons (Fsp3) is 0.440. The van der Waals surface area contributed by atoms with Crippen molar-refractivity contribution in [3.8, 4) is 22.3 Å². The van der Waals surface area contributed by atoms with Gasteiger partial charge in [0.1, 0.15) is 0 Å². The van der Waals surface area contributed by atoms with Crippen LogP contribution < -0.4 is 0 Å². The number of hydrogen-bond donors (Lipinski definition) is 0. The van der Waals surface area contributed by atoms with Gasteiger partial charge in [-0.15, -0.1) is 0 Å². The van der Waals surface area contributed by atoms with Crippen LogP contribution >= 0.6 is 17.0 Å². The molecule has 0 nitrogen and oxygen atoms in total. The molecule has 0 amide bonds. The van der Waals surface area contributed by atoms with E-state index >= 15 is 0 Å². The molecular formula is C50H61Cl2SiZr. The zero-order chi connectivity index (χ0) is 37.9. The Morgan fingerprint density at radius 2 is 1.11 bits per heavy atom. The van der Waals surface area contributed by atoms with Crippen LogP contribution in [0.25, 0.3) is 34.4 Å². The third-order valence-corrected chi connectivity index (χ3v) is 66.1. The normalized spacial score (nSPS) is 21.7. The van der Waals surface area contributed by atoms with Gasteiger partial charge in [0.15, 0.2) is 0 Å². The van der Waals surface area contributed by atoms with Crippen LogP contribution in [0.5, 0.6) is 0 Å². The van der Waals surface area contributed by atoms with Crippen LogP contribution in [0.1, 0.15) is 145 Å². The van der Waals surface area contributed by atoms with Crippen molar-refractivity contribution in [2.75, 3.05) is 0 Å². The Labute approximate surface area is 335 Å². The topological polar surface area (TPSA) is 0 Å². The van der Waals surface area contributed by atoms with Crippen molar-refractivity contribution in [3.63, 3.8) is 0 Å². The van der Waals surface area contributed by atoms with Crippen LogP contribution in [0.15, 0.2) is 96.1 Å². The number of hydrogen-bond acceptors (Lipinski definition) is 0. The fourth-order valence-electron chi connectivity index (χ4n) is 11.1. The summed E-state index contributed by atoms with van der Waals surface area (Å²) in [5, 5.41) is 0. The van der Waals surface area contributed by atoms with E-state index in [1.807, 2.05) is 0 Å². The first-order valence-corrected chi connectivity index (χ1v) is 37.7. The predicted octanol–water partition coefficient (Wildman–Crippen LogP) is 15.9. The van der Waals surface area contributed by atoms with E-state index in [0.29, 0.717) is 11.8 Å². The monoisotopic (exact) mass is 849 g/mol. The van der Waals surface area contributed by atoms with E-state index in [1.54, 1.807) is 5.57 Å². The Bertz CT molecular complexity index is 2070. The molecule has 4 aliphatic rings. The predicted molar refractivity (Wildman–Crippen MR) is 237 cm³/mol. The number of rotatable bonds is 8. The molecule has 0 radical (unpaired) electrons. The quantitative estimate of drug-likeness (QED) is 0.155. The van der Waals surface area contributed by atoms with Crippen molar-refractivity contribution in [2.45, 2.75) is 130 Å². The number of fused-ring (bicyclic) bond motifs is 2. The van der Waals surface area contributed by atoms with E-state index in [2.05, 4.69) is 138 Å². The van der Waals surface area contributed by atoms with Gasteiger partial charge in [0, 0.05) is 0 Å². The molecule has 2 atom stereocenters. The third-order valence-electron chi connectivity index (χ3n) is 14.3. The molecule has 283 valence electrons. The summed E-state index contributed by atoms with van der Waals surface area (Å²) in [4.78, 5) is 0. The molecule has 4 aliphatic carbocycles. The van der Waals surface area contributed by atoms with Gasteiger partial charge >= 0.3 is 338 Å². The zero-order valence-electron chi connectivity index (χ0n) is 33.7. The van der Waals surface area contributed by atoms with Crippen LogP contribution in [-0.2, 0) is 21.0 Å². The third kappa shape index (κ3) is 6.70. The number of benzene rings is 4. The Hall–Kier alpha value is -1.96. The van der Waals surface area contributed by atoms with Crippen LogP contribution in [0.3, 0.4) is 0 Å². The first-order chi connectivity index (χ1) is 25.9. The second-order valence-corrected chi connectivity index (χ2v) is 61.2. The van der Waals surface area contributed by atoms with E-state index in [0.717, 1.165) is 6.42 Å². The maximum atomic E-state index is 8.91. The molecule has 0 heterocycles. The fourth-order valence-corrected chi connectivity index (χ4v) is 42.5. The van der Waals surface area contributed by atoms with Gasteiger partial charge in [0.2, 0.25) is 0 Å². The van der Waals surface area contributed by atoms with Gasteiger partial charge in [-0.25, -0.2) is 0 Å². The summed E-state index contributed by atoms with van der Waals surface area (Å²) in [6.45, 7) is 14.3. The average molecular weight is 852 g/mol. The molecule has 0 aromatic heterocycles. The molecule has 2 fully saturated rings. The zero-order valence-corrected chi connectivity index (χ0v) is 38.8. The summed E-state index contributed by atoms with van der Waals surface area (Å²) < 4.78 is 0.262. The van der Waals surface area contributed by atoms with Crippen molar-refractivity contribution in [3.05, 3.63) is 129 Å². The van der Waals surface area contributed by atoms with Crippen molar-refractivity contribution in [1.29, 1.82) is 0 Å². The SMILES string of the molecule is CCC1=Cc2c(-c3ccc(C4CCCCC4)cc3)cccc2[CH]1[Zr]([Cl])([Cl])([CH]1C(C2CCCCC2)=Cc2c(-c3ccc(C(C)(C)C)cc3)cccc21)[SiH](C)C. The van der Waals surface area contributed by atoms with Gasteiger partial charge in [-0.3, -0.25) is 0 Å². The number of halogens is 2. The van der Waals surface area contributed by atoms with E-state index in [9.17, 15) is 0 Å². The minimum atomic E-state index is -4.90. The molecule has 0 spiro atoms. The summed E-state index contributed by atoms with van der Waals surface area (Å²) in [5.74, 6) is -0.389. The van der Waals surface area contributed by atoms with Gasteiger partial charge in [-0.1, -0.05) is 0 Å². The van der Waals surface area contributed by atoms with Crippen LogP contribution in [0, 0.1) is 5.92 Å². The summed E-state index contributed by atoms with van der Waals surface area (Å²) in [6.07, 6.45) is 19.4. The molecule has 54 heavy (non-hydrogen) atoms. The van der Waals surface area contributed by atoms with Gasteiger partial charge in [0.25, 0.3) is 0 Å². The van der Waals surface area contributed by atoms with Crippen LogP contribution in [0.4, 0.5) is 0 Å². The first-order valence-electron chi connectivity index (χ1n) is 21.4. The molecule has 2 unspecified atom stereocenters. The Morgan fingerprint density at radius 3 is 1.63 bits per heavy atom. The molecule has 4 aromatic rings. The minimum absolute atomic E-state index is 0.121. The van der Waals surface area contributed by atoms with Crippen molar-refractivity contribution in [2.24, 2.45) is 5.92 Å². The second kappa shape index (κ2) is 15.1. The maximum absolute atomic E-state index is 8.91. The van der Waals surface area contributed by atoms with E-state index < -0.39 is 21.5 Å². The molecule has 4 heteroatoms. The summed E-state index contributed by atoms with van der Waals surface area (Å²) in [5.41, 5.74) is 16.9. The van der Waals surface area contributed by atoms with Gasteiger partial charge < -0.3 is 0 Å². The second-order valence-electron chi connectivity index (χ2n) is 18.7. The molecular weight excluding hydrogens is 791 g/mol. The van der Waals surface area contributed by atoms with Crippen molar-refractivity contribution < 1.29 is 15.6 Å². The Balaban J connectivity index is 1.26. The van der Waals surface area contributed by atoms with E-state index in [-0.39, 0.29) is 12.7 Å².